The fraction of sp³-hybridized carbons (Fsp3) is 0.737. The Hall–Kier alpha value is -1.43. The SMILES string of the molecule is Cc1nc(CC(=O)N2CC[C@H]3[C@@H]2CCN3C(=O)CC2CCCC2)cs1. The maximum Gasteiger partial charge on any atom is 0.228 e. The number of carbonyl (C=O) groups excluding carboxylic acids is 2. The highest BCUT2D eigenvalue weighted by atomic mass is 32.1. The number of likely N-dealkylation sites (tertiary alicyclic amines) is 2. The fourth-order valence-corrected chi connectivity index (χ4v) is 5.54. The van der Waals surface area contributed by atoms with Crippen molar-refractivity contribution in [1.82, 2.24) is 14.8 Å². The van der Waals surface area contributed by atoms with Gasteiger partial charge in [-0.25, -0.2) is 4.98 Å². The Morgan fingerprint density at radius 3 is 2.32 bits per heavy atom. The van der Waals surface area contributed by atoms with Crippen LogP contribution in [0.4, 0.5) is 0 Å². The molecule has 5 nitrogen and oxygen atoms in total. The summed E-state index contributed by atoms with van der Waals surface area (Å²) in [5.41, 5.74) is 0.878. The van der Waals surface area contributed by atoms with Gasteiger partial charge in [0.05, 0.1) is 29.2 Å². The summed E-state index contributed by atoms with van der Waals surface area (Å²) < 4.78 is 0. The summed E-state index contributed by atoms with van der Waals surface area (Å²) in [7, 11) is 0. The molecule has 1 aromatic rings. The number of nitrogens with zero attached hydrogens (tertiary/aromatic N) is 3. The van der Waals surface area contributed by atoms with Crippen LogP contribution in [0.2, 0.25) is 0 Å². The molecule has 1 saturated carbocycles. The molecule has 1 aromatic heterocycles. The molecule has 6 heteroatoms. The lowest BCUT2D eigenvalue weighted by molar-refractivity contribution is -0.134. The van der Waals surface area contributed by atoms with Crippen molar-refractivity contribution in [2.45, 2.75) is 70.4 Å². The number of carbonyl (C=O) groups is 2. The van der Waals surface area contributed by atoms with Gasteiger partial charge in [0.25, 0.3) is 0 Å². The molecule has 25 heavy (non-hydrogen) atoms. The second-order valence-electron chi connectivity index (χ2n) is 7.78. The van der Waals surface area contributed by atoms with E-state index in [2.05, 4.69) is 9.88 Å². The Balaban J connectivity index is 1.36. The Morgan fingerprint density at radius 2 is 1.72 bits per heavy atom. The predicted octanol–water partition coefficient (Wildman–Crippen LogP) is 2.78. The van der Waals surface area contributed by atoms with E-state index in [0.29, 0.717) is 18.2 Å². The molecule has 1 aliphatic carbocycles. The molecule has 0 unspecified atom stereocenters. The molecule has 2 atom stereocenters. The van der Waals surface area contributed by atoms with E-state index in [1.807, 2.05) is 17.2 Å². The van der Waals surface area contributed by atoms with E-state index in [1.165, 1.54) is 25.7 Å². The molecule has 2 aliphatic heterocycles. The summed E-state index contributed by atoms with van der Waals surface area (Å²) in [4.78, 5) is 34.0. The molecule has 4 rings (SSSR count). The Kier molecular flexibility index (Phi) is 4.80. The maximum atomic E-state index is 12.7. The van der Waals surface area contributed by atoms with Crippen LogP contribution in [0.5, 0.6) is 0 Å². The molecule has 3 fully saturated rings. The van der Waals surface area contributed by atoms with E-state index in [4.69, 9.17) is 0 Å². The van der Waals surface area contributed by atoms with Crippen LogP contribution < -0.4 is 0 Å². The normalized spacial score (nSPS) is 26.4. The number of hydrogen-bond acceptors (Lipinski definition) is 4. The molecule has 0 radical (unpaired) electrons. The molecular weight excluding hydrogens is 334 g/mol. The largest absolute Gasteiger partial charge is 0.337 e. The molecule has 2 amide bonds. The molecule has 136 valence electrons. The zero-order chi connectivity index (χ0) is 17.4. The third-order valence-electron chi connectivity index (χ3n) is 6.15. The summed E-state index contributed by atoms with van der Waals surface area (Å²) in [6.45, 7) is 3.57. The van der Waals surface area contributed by atoms with Gasteiger partial charge < -0.3 is 9.80 Å². The third-order valence-corrected chi connectivity index (χ3v) is 6.98. The average Bonchev–Trinajstić information content (AvgIpc) is 3.31. The topological polar surface area (TPSA) is 53.5 Å². The first-order chi connectivity index (χ1) is 12.1. The summed E-state index contributed by atoms with van der Waals surface area (Å²) in [5.74, 6) is 1.09. The van der Waals surface area contributed by atoms with Gasteiger partial charge >= 0.3 is 0 Å². The van der Waals surface area contributed by atoms with E-state index in [1.54, 1.807) is 11.3 Å². The Morgan fingerprint density at radius 1 is 1.08 bits per heavy atom. The minimum absolute atomic E-state index is 0.169. The fourth-order valence-electron chi connectivity index (χ4n) is 4.93. The Bertz CT molecular complexity index is 653. The highest BCUT2D eigenvalue weighted by Crippen LogP contribution is 2.34. The maximum absolute atomic E-state index is 12.7. The molecule has 0 bridgehead atoms. The van der Waals surface area contributed by atoms with E-state index in [0.717, 1.165) is 43.1 Å². The van der Waals surface area contributed by atoms with Crippen molar-refractivity contribution >= 4 is 23.2 Å². The van der Waals surface area contributed by atoms with Gasteiger partial charge in [-0.05, 0) is 38.5 Å². The zero-order valence-electron chi connectivity index (χ0n) is 14.9. The van der Waals surface area contributed by atoms with Crippen molar-refractivity contribution in [1.29, 1.82) is 0 Å². The van der Waals surface area contributed by atoms with Crippen LogP contribution in [0.1, 0.15) is 55.6 Å². The van der Waals surface area contributed by atoms with Gasteiger partial charge in [-0.15, -0.1) is 11.3 Å². The number of hydrogen-bond donors (Lipinski definition) is 0. The molecule has 3 aliphatic rings. The lowest BCUT2D eigenvalue weighted by atomic mass is 10.0. The molecule has 2 saturated heterocycles. The third kappa shape index (κ3) is 3.46. The first-order valence-electron chi connectivity index (χ1n) is 9.62. The highest BCUT2D eigenvalue weighted by molar-refractivity contribution is 7.09. The number of rotatable bonds is 4. The van der Waals surface area contributed by atoms with Crippen LogP contribution in [0.15, 0.2) is 5.38 Å². The van der Waals surface area contributed by atoms with E-state index >= 15 is 0 Å². The summed E-state index contributed by atoms with van der Waals surface area (Å²) in [5, 5.41) is 2.99. The van der Waals surface area contributed by atoms with E-state index in [-0.39, 0.29) is 18.0 Å². The van der Waals surface area contributed by atoms with Gasteiger partial charge in [-0.2, -0.15) is 0 Å². The zero-order valence-corrected chi connectivity index (χ0v) is 15.8. The molecule has 0 spiro atoms. The number of fused-ring (bicyclic) bond motifs is 1. The lowest BCUT2D eigenvalue weighted by Gasteiger charge is -2.26. The number of thiazole rings is 1. The van der Waals surface area contributed by atoms with Crippen molar-refractivity contribution in [2.75, 3.05) is 13.1 Å². The van der Waals surface area contributed by atoms with E-state index in [9.17, 15) is 9.59 Å². The average molecular weight is 362 g/mol. The van der Waals surface area contributed by atoms with Gasteiger partial charge in [-0.1, -0.05) is 12.8 Å². The second-order valence-corrected chi connectivity index (χ2v) is 8.84. The van der Waals surface area contributed by atoms with Crippen LogP contribution in [0.25, 0.3) is 0 Å². The molecule has 0 N–H and O–H groups in total. The van der Waals surface area contributed by atoms with Crippen molar-refractivity contribution in [3.05, 3.63) is 16.1 Å². The first kappa shape index (κ1) is 17.0. The van der Waals surface area contributed by atoms with Crippen LogP contribution in [-0.2, 0) is 16.0 Å². The van der Waals surface area contributed by atoms with Crippen LogP contribution in [0.3, 0.4) is 0 Å². The first-order valence-corrected chi connectivity index (χ1v) is 10.5. The molecule has 3 heterocycles. The standard InChI is InChI=1S/C19H27N3O2S/c1-13-20-15(12-25-13)11-19(24)22-9-7-16-17(22)6-8-21(16)18(23)10-14-4-2-3-5-14/h12,14,16-17H,2-11H2,1H3/t16-,17-/m0/s1. The Labute approximate surface area is 153 Å². The number of aryl methyl sites for hydroxylation is 1. The second kappa shape index (κ2) is 7.06. The highest BCUT2D eigenvalue weighted by Gasteiger charge is 2.46. The van der Waals surface area contributed by atoms with Gasteiger partial charge in [-0.3, -0.25) is 9.59 Å². The smallest absolute Gasteiger partial charge is 0.228 e. The van der Waals surface area contributed by atoms with Crippen molar-refractivity contribution in [3.8, 4) is 0 Å². The van der Waals surface area contributed by atoms with Gasteiger partial charge in [0.1, 0.15) is 0 Å². The van der Waals surface area contributed by atoms with Crippen LogP contribution in [0, 0.1) is 12.8 Å². The van der Waals surface area contributed by atoms with Gasteiger partial charge in [0, 0.05) is 24.9 Å². The summed E-state index contributed by atoms with van der Waals surface area (Å²) in [6.07, 6.45) is 7.96. The van der Waals surface area contributed by atoms with Crippen molar-refractivity contribution in [3.63, 3.8) is 0 Å². The number of aromatic nitrogens is 1. The minimum atomic E-state index is 0.169. The minimum Gasteiger partial charge on any atom is -0.337 e. The van der Waals surface area contributed by atoms with Crippen LogP contribution in [-0.4, -0.2) is 51.8 Å². The van der Waals surface area contributed by atoms with Crippen molar-refractivity contribution < 1.29 is 9.59 Å². The lowest BCUT2D eigenvalue weighted by Crippen LogP contribution is -2.42. The van der Waals surface area contributed by atoms with Crippen molar-refractivity contribution in [2.24, 2.45) is 5.92 Å². The predicted molar refractivity (Wildman–Crippen MR) is 97.4 cm³/mol. The number of amides is 2. The molecule has 0 aromatic carbocycles. The van der Waals surface area contributed by atoms with E-state index < -0.39 is 0 Å². The summed E-state index contributed by atoms with van der Waals surface area (Å²) >= 11 is 1.59. The summed E-state index contributed by atoms with van der Waals surface area (Å²) in [6, 6.07) is 0.467. The molecular formula is C19H27N3O2S. The quantitative estimate of drug-likeness (QED) is 0.829. The monoisotopic (exact) mass is 361 g/mol. The van der Waals surface area contributed by atoms with Gasteiger partial charge in [0.2, 0.25) is 11.8 Å². The van der Waals surface area contributed by atoms with Gasteiger partial charge in [0.15, 0.2) is 0 Å². The van der Waals surface area contributed by atoms with Crippen LogP contribution >= 0.6 is 11.3 Å².